The third-order valence-electron chi connectivity index (χ3n) is 3.77. The molecule has 1 aromatic heterocycles. The largest absolute Gasteiger partial charge is 0.342 e. The molecule has 0 bridgehead atoms. The fourth-order valence-electron chi connectivity index (χ4n) is 2.65. The van der Waals surface area contributed by atoms with Crippen molar-refractivity contribution >= 4 is 17.7 Å². The number of nitrogens with zero attached hydrogens (tertiary/aromatic N) is 3. The van der Waals surface area contributed by atoms with Gasteiger partial charge >= 0.3 is 0 Å². The summed E-state index contributed by atoms with van der Waals surface area (Å²) in [5.41, 5.74) is 0.620. The standard InChI is InChI=1S/C13H17N3O2S/c1-9-6-14-13-16(11(9)17)7-10(8-19-13)12(18)15-4-2-3-5-15/h6,10H,2-5,7-8H2,1H3. The highest BCUT2D eigenvalue weighted by Crippen LogP contribution is 2.26. The molecular formula is C13H17N3O2S. The van der Waals surface area contributed by atoms with E-state index in [-0.39, 0.29) is 17.4 Å². The first kappa shape index (κ1) is 12.7. The third kappa shape index (κ3) is 2.29. The lowest BCUT2D eigenvalue weighted by molar-refractivity contribution is -0.134. The second kappa shape index (κ2) is 5.00. The molecule has 0 saturated carbocycles. The van der Waals surface area contributed by atoms with Crippen molar-refractivity contribution in [3.8, 4) is 0 Å². The van der Waals surface area contributed by atoms with Crippen LogP contribution in [0.15, 0.2) is 16.1 Å². The molecule has 1 aromatic rings. The summed E-state index contributed by atoms with van der Waals surface area (Å²) in [6.45, 7) is 3.98. The number of carbonyl (C=O) groups excluding carboxylic acids is 1. The minimum absolute atomic E-state index is 0.0172. The van der Waals surface area contributed by atoms with Crippen LogP contribution in [0.3, 0.4) is 0 Å². The van der Waals surface area contributed by atoms with Gasteiger partial charge in [-0.1, -0.05) is 11.8 Å². The molecule has 1 atom stereocenters. The van der Waals surface area contributed by atoms with Crippen molar-refractivity contribution in [3.05, 3.63) is 22.1 Å². The lowest BCUT2D eigenvalue weighted by Crippen LogP contribution is -2.41. The molecule has 102 valence electrons. The Bertz CT molecular complexity index is 563. The van der Waals surface area contributed by atoms with Crippen molar-refractivity contribution in [1.29, 1.82) is 0 Å². The monoisotopic (exact) mass is 279 g/mol. The molecular weight excluding hydrogens is 262 g/mol. The topological polar surface area (TPSA) is 55.2 Å². The number of hydrogen-bond donors (Lipinski definition) is 0. The van der Waals surface area contributed by atoms with Gasteiger partial charge in [-0.05, 0) is 19.8 Å². The minimum Gasteiger partial charge on any atom is -0.342 e. The Morgan fingerprint density at radius 3 is 2.89 bits per heavy atom. The van der Waals surface area contributed by atoms with E-state index in [4.69, 9.17) is 0 Å². The van der Waals surface area contributed by atoms with Gasteiger partial charge < -0.3 is 4.90 Å². The van der Waals surface area contributed by atoms with Gasteiger partial charge in [0.25, 0.3) is 5.56 Å². The Morgan fingerprint density at radius 2 is 2.16 bits per heavy atom. The van der Waals surface area contributed by atoms with E-state index in [9.17, 15) is 9.59 Å². The SMILES string of the molecule is Cc1cnc2n(c1=O)CC(C(=O)N1CCCC1)CS2. The third-order valence-corrected chi connectivity index (χ3v) is 4.92. The van der Waals surface area contributed by atoms with Crippen LogP contribution in [0.4, 0.5) is 0 Å². The molecule has 0 aliphatic carbocycles. The summed E-state index contributed by atoms with van der Waals surface area (Å²) in [4.78, 5) is 30.7. The van der Waals surface area contributed by atoms with Crippen LogP contribution in [0.5, 0.6) is 0 Å². The summed E-state index contributed by atoms with van der Waals surface area (Å²) in [7, 11) is 0. The van der Waals surface area contributed by atoms with Gasteiger partial charge in [0.15, 0.2) is 5.16 Å². The maximum atomic E-state index is 12.4. The Hall–Kier alpha value is -1.30. The lowest BCUT2D eigenvalue weighted by atomic mass is 10.1. The van der Waals surface area contributed by atoms with E-state index < -0.39 is 0 Å². The van der Waals surface area contributed by atoms with Crippen molar-refractivity contribution in [2.75, 3.05) is 18.8 Å². The Morgan fingerprint density at radius 1 is 1.42 bits per heavy atom. The van der Waals surface area contributed by atoms with Gasteiger partial charge in [0, 0.05) is 37.1 Å². The number of likely N-dealkylation sites (tertiary alicyclic amines) is 1. The smallest absolute Gasteiger partial charge is 0.257 e. The van der Waals surface area contributed by atoms with Gasteiger partial charge in [0.05, 0.1) is 5.92 Å². The number of rotatable bonds is 1. The van der Waals surface area contributed by atoms with Crippen molar-refractivity contribution in [2.24, 2.45) is 5.92 Å². The zero-order valence-electron chi connectivity index (χ0n) is 11.0. The van der Waals surface area contributed by atoms with Crippen LogP contribution in [0.25, 0.3) is 0 Å². The Kier molecular flexibility index (Phi) is 3.35. The Labute approximate surface area is 116 Å². The molecule has 2 aliphatic heterocycles. The molecule has 1 unspecified atom stereocenters. The molecule has 0 spiro atoms. The van der Waals surface area contributed by atoms with Gasteiger partial charge in [-0.15, -0.1) is 0 Å². The summed E-state index contributed by atoms with van der Waals surface area (Å²) in [5.74, 6) is 0.839. The second-order valence-corrected chi connectivity index (χ2v) is 6.17. The maximum absolute atomic E-state index is 12.4. The van der Waals surface area contributed by atoms with Crippen molar-refractivity contribution in [3.63, 3.8) is 0 Å². The van der Waals surface area contributed by atoms with Gasteiger partial charge in [-0.25, -0.2) is 4.98 Å². The highest BCUT2D eigenvalue weighted by molar-refractivity contribution is 7.99. The van der Waals surface area contributed by atoms with Crippen molar-refractivity contribution in [1.82, 2.24) is 14.5 Å². The predicted octanol–water partition coefficient (Wildman–Crippen LogP) is 0.896. The zero-order chi connectivity index (χ0) is 13.4. The molecule has 3 heterocycles. The molecule has 1 amide bonds. The first-order chi connectivity index (χ1) is 9.16. The van der Waals surface area contributed by atoms with Crippen LogP contribution >= 0.6 is 11.8 Å². The van der Waals surface area contributed by atoms with Crippen LogP contribution in [0, 0.1) is 12.8 Å². The first-order valence-corrected chi connectivity index (χ1v) is 7.63. The molecule has 2 aliphatic rings. The quantitative estimate of drug-likeness (QED) is 0.717. The predicted molar refractivity (Wildman–Crippen MR) is 73.3 cm³/mol. The fourth-order valence-corrected chi connectivity index (χ4v) is 3.68. The van der Waals surface area contributed by atoms with Gasteiger partial charge in [0.2, 0.25) is 5.91 Å². The summed E-state index contributed by atoms with van der Waals surface area (Å²) >= 11 is 1.51. The molecule has 6 heteroatoms. The molecule has 5 nitrogen and oxygen atoms in total. The fraction of sp³-hybridized carbons (Fsp3) is 0.615. The molecule has 19 heavy (non-hydrogen) atoms. The maximum Gasteiger partial charge on any atom is 0.257 e. The second-order valence-electron chi connectivity index (χ2n) is 5.18. The normalized spacial score (nSPS) is 22.4. The van der Waals surface area contributed by atoms with E-state index in [1.54, 1.807) is 17.7 Å². The van der Waals surface area contributed by atoms with Gasteiger partial charge in [-0.3, -0.25) is 14.2 Å². The van der Waals surface area contributed by atoms with Crippen LogP contribution in [-0.4, -0.2) is 39.2 Å². The summed E-state index contributed by atoms with van der Waals surface area (Å²) in [6.07, 6.45) is 3.81. The van der Waals surface area contributed by atoms with Crippen LogP contribution < -0.4 is 5.56 Å². The molecule has 1 saturated heterocycles. The summed E-state index contributed by atoms with van der Waals surface area (Å²) in [6, 6.07) is 0. The number of aromatic nitrogens is 2. The van der Waals surface area contributed by atoms with Crippen LogP contribution in [-0.2, 0) is 11.3 Å². The molecule has 3 rings (SSSR count). The van der Waals surface area contributed by atoms with Gasteiger partial charge in [-0.2, -0.15) is 0 Å². The van der Waals surface area contributed by atoms with E-state index in [0.29, 0.717) is 12.1 Å². The van der Waals surface area contributed by atoms with Gasteiger partial charge in [0.1, 0.15) is 0 Å². The highest BCUT2D eigenvalue weighted by atomic mass is 32.2. The zero-order valence-corrected chi connectivity index (χ0v) is 11.8. The average molecular weight is 279 g/mol. The number of fused-ring (bicyclic) bond motifs is 1. The van der Waals surface area contributed by atoms with Crippen molar-refractivity contribution < 1.29 is 4.79 Å². The van der Waals surface area contributed by atoms with Crippen LogP contribution in [0.2, 0.25) is 0 Å². The molecule has 0 N–H and O–H groups in total. The van der Waals surface area contributed by atoms with Crippen LogP contribution in [0.1, 0.15) is 18.4 Å². The summed E-state index contributed by atoms with van der Waals surface area (Å²) < 4.78 is 1.65. The number of carbonyl (C=O) groups is 1. The van der Waals surface area contributed by atoms with E-state index >= 15 is 0 Å². The first-order valence-electron chi connectivity index (χ1n) is 6.65. The van der Waals surface area contributed by atoms with E-state index in [0.717, 1.165) is 36.8 Å². The highest BCUT2D eigenvalue weighted by Gasteiger charge is 2.31. The minimum atomic E-state index is -0.0862. The average Bonchev–Trinajstić information content (AvgIpc) is 2.96. The van der Waals surface area contributed by atoms with Crippen molar-refractivity contribution in [2.45, 2.75) is 31.5 Å². The Balaban J connectivity index is 1.83. The lowest BCUT2D eigenvalue weighted by Gasteiger charge is -2.27. The number of amides is 1. The summed E-state index contributed by atoms with van der Waals surface area (Å²) in [5, 5.41) is 0.737. The molecule has 0 radical (unpaired) electrons. The number of hydrogen-bond acceptors (Lipinski definition) is 4. The van der Waals surface area contributed by atoms with E-state index in [1.165, 1.54) is 11.8 Å². The molecule has 0 aromatic carbocycles. The molecule has 1 fully saturated rings. The number of thioether (sulfide) groups is 1. The number of aryl methyl sites for hydroxylation is 1. The van der Waals surface area contributed by atoms with E-state index in [2.05, 4.69) is 4.98 Å². The van der Waals surface area contributed by atoms with E-state index in [1.807, 2.05) is 4.90 Å².